The van der Waals surface area contributed by atoms with Crippen LogP contribution in [0.25, 0.3) is 0 Å². The smallest absolute Gasteiger partial charge is 0.327 e. The normalized spacial score (nSPS) is 18.9. The summed E-state index contributed by atoms with van der Waals surface area (Å²) >= 11 is 0.277. The highest BCUT2D eigenvalue weighted by Gasteiger charge is 2.17. The lowest BCUT2D eigenvalue weighted by Gasteiger charge is -2.11. The molecule has 0 heterocycles. The van der Waals surface area contributed by atoms with Gasteiger partial charge in [0, 0.05) is 21.1 Å². The van der Waals surface area contributed by atoms with Crippen LogP contribution in [0.1, 0.15) is 12.4 Å². The van der Waals surface area contributed by atoms with Crippen molar-refractivity contribution in [3.05, 3.63) is 0 Å². The van der Waals surface area contributed by atoms with Gasteiger partial charge in [-0.15, -0.1) is 0 Å². The molecule has 1 amide bonds. The Hall–Kier alpha value is -0.750. The third-order valence-electron chi connectivity index (χ3n) is 1.04. The van der Waals surface area contributed by atoms with Gasteiger partial charge in [-0.05, 0) is 0 Å². The molecule has 13 heavy (non-hydrogen) atoms. The third-order valence-corrected chi connectivity index (χ3v) is 1.78. The van der Waals surface area contributed by atoms with Crippen molar-refractivity contribution in [2.24, 2.45) is 0 Å². The average Bonchev–Trinajstić information content (AvgIpc) is 2.09. The molecule has 0 bridgehead atoms. The highest BCUT2D eigenvalue weighted by atomic mass is 32.2. The minimum atomic E-state index is -3.10. The fraction of sp³-hybridized carbons (Fsp3) is 0.714. The summed E-state index contributed by atoms with van der Waals surface area (Å²) in [4.78, 5) is 21.4. The van der Waals surface area contributed by atoms with E-state index < -0.39 is 35.9 Å². The fourth-order valence-corrected chi connectivity index (χ4v) is 1.12. The van der Waals surface area contributed by atoms with Crippen molar-refractivity contribution in [2.75, 3.05) is 18.0 Å². The van der Waals surface area contributed by atoms with Crippen LogP contribution in [-0.4, -0.2) is 46.1 Å². The molecule has 0 aliphatic rings. The van der Waals surface area contributed by atoms with E-state index in [-0.39, 0.29) is 11.8 Å². The molecule has 0 aliphatic heterocycles. The number of hydrogen-bond donors (Lipinski definition) is 3. The van der Waals surface area contributed by atoms with E-state index in [1.807, 2.05) is 0 Å². The van der Waals surface area contributed by atoms with E-state index in [1.54, 1.807) is 0 Å². The van der Waals surface area contributed by atoms with Crippen molar-refractivity contribution in [3.63, 3.8) is 0 Å². The van der Waals surface area contributed by atoms with Gasteiger partial charge in [0.25, 0.3) is 0 Å². The fourth-order valence-electron chi connectivity index (χ4n) is 0.577. The zero-order valence-corrected chi connectivity index (χ0v) is 7.72. The minimum absolute atomic E-state index is 0.277. The van der Waals surface area contributed by atoms with E-state index in [0.717, 1.165) is 6.92 Å². The number of thioether (sulfide) groups is 1. The number of amides is 1. The molecule has 0 aromatic rings. The molecular formula is C7H13NO4S. The molecule has 0 fully saturated rings. The van der Waals surface area contributed by atoms with Crippen LogP contribution in [0.4, 0.5) is 0 Å². The van der Waals surface area contributed by atoms with Gasteiger partial charge >= 0.3 is 5.97 Å². The van der Waals surface area contributed by atoms with Gasteiger partial charge in [0.2, 0.25) is 5.91 Å². The molecule has 0 rings (SSSR count). The number of hydrogen-bond acceptors (Lipinski definition) is 4. The zero-order chi connectivity index (χ0) is 13.9. The van der Waals surface area contributed by atoms with Crippen molar-refractivity contribution in [3.8, 4) is 0 Å². The number of carboxylic acids is 1. The van der Waals surface area contributed by atoms with E-state index >= 15 is 0 Å². The summed E-state index contributed by atoms with van der Waals surface area (Å²) in [5.74, 6) is -2.35. The highest BCUT2D eigenvalue weighted by molar-refractivity contribution is 7.99. The maximum absolute atomic E-state index is 10.7. The SMILES string of the molecule is [2H]C([2H])(O)C([2H])([2H])SC[C@H](NC(C)=O)C(=O)O. The van der Waals surface area contributed by atoms with Crippen LogP contribution in [0.3, 0.4) is 0 Å². The predicted molar refractivity (Wildman–Crippen MR) is 49.7 cm³/mol. The quantitative estimate of drug-likeness (QED) is 0.541. The second-order valence-corrected chi connectivity index (χ2v) is 2.94. The van der Waals surface area contributed by atoms with Crippen LogP contribution in [0.15, 0.2) is 0 Å². The number of carboxylic acid groups (broad SMARTS) is 1. The molecular weight excluding hydrogens is 194 g/mol. The molecule has 5 nitrogen and oxygen atoms in total. The Labute approximate surface area is 86.1 Å². The molecule has 0 saturated carbocycles. The topological polar surface area (TPSA) is 86.6 Å². The Morgan fingerprint density at radius 2 is 2.31 bits per heavy atom. The van der Waals surface area contributed by atoms with E-state index in [0.29, 0.717) is 0 Å². The van der Waals surface area contributed by atoms with Crippen molar-refractivity contribution in [2.45, 2.75) is 13.0 Å². The van der Waals surface area contributed by atoms with Gasteiger partial charge in [-0.3, -0.25) is 4.79 Å². The van der Waals surface area contributed by atoms with Gasteiger partial charge < -0.3 is 15.5 Å². The molecule has 0 radical (unpaired) electrons. The number of aliphatic hydroxyl groups is 1. The third kappa shape index (κ3) is 6.41. The van der Waals surface area contributed by atoms with Gasteiger partial charge in [0.05, 0.1) is 9.30 Å². The lowest BCUT2D eigenvalue weighted by molar-refractivity contribution is -0.140. The van der Waals surface area contributed by atoms with Gasteiger partial charge in [-0.2, -0.15) is 11.8 Å². The Morgan fingerprint density at radius 1 is 1.69 bits per heavy atom. The molecule has 0 saturated heterocycles. The van der Waals surface area contributed by atoms with Crippen molar-refractivity contribution < 1.29 is 25.3 Å². The van der Waals surface area contributed by atoms with Gasteiger partial charge in [-0.1, -0.05) is 0 Å². The van der Waals surface area contributed by atoms with E-state index in [2.05, 4.69) is 5.32 Å². The number of carbonyl (C=O) groups excluding carboxylic acids is 1. The summed E-state index contributed by atoms with van der Waals surface area (Å²) in [5.41, 5.74) is -2.67. The zero-order valence-electron chi connectivity index (χ0n) is 10.9. The van der Waals surface area contributed by atoms with Gasteiger partial charge in [0.1, 0.15) is 6.04 Å². The maximum atomic E-state index is 10.7. The molecule has 0 aromatic heterocycles. The summed E-state index contributed by atoms with van der Waals surface area (Å²) in [5, 5.41) is 19.7. The van der Waals surface area contributed by atoms with Crippen LogP contribution >= 0.6 is 11.8 Å². The van der Waals surface area contributed by atoms with Crippen LogP contribution in [0.5, 0.6) is 0 Å². The molecule has 1 atom stereocenters. The van der Waals surface area contributed by atoms with Crippen LogP contribution in [0.2, 0.25) is 0 Å². The second kappa shape index (κ2) is 6.73. The Kier molecular flexibility index (Phi) is 3.45. The van der Waals surface area contributed by atoms with Crippen LogP contribution < -0.4 is 5.32 Å². The highest BCUT2D eigenvalue weighted by Crippen LogP contribution is 2.02. The summed E-state index contributed by atoms with van der Waals surface area (Å²) in [7, 11) is 0. The Morgan fingerprint density at radius 3 is 2.69 bits per heavy atom. The second-order valence-electron chi connectivity index (χ2n) is 2.12. The lowest BCUT2D eigenvalue weighted by Crippen LogP contribution is -2.41. The van der Waals surface area contributed by atoms with Crippen LogP contribution in [0, 0.1) is 0 Å². The number of nitrogens with one attached hydrogen (secondary N) is 1. The molecule has 0 aromatic carbocycles. The summed E-state index contributed by atoms with van der Waals surface area (Å²) in [6.07, 6.45) is 0. The predicted octanol–water partition coefficient (Wildman–Crippen LogP) is -0.699. The summed E-state index contributed by atoms with van der Waals surface area (Å²) in [6, 6.07) is -1.34. The molecule has 76 valence electrons. The van der Waals surface area contributed by atoms with Gasteiger partial charge in [-0.25, -0.2) is 4.79 Å². The van der Waals surface area contributed by atoms with Crippen molar-refractivity contribution in [1.82, 2.24) is 5.32 Å². The first-order chi connectivity index (χ1) is 7.47. The monoisotopic (exact) mass is 211 g/mol. The summed E-state index contributed by atoms with van der Waals surface area (Å²) in [6.45, 7) is -1.99. The first-order valence-corrected chi connectivity index (χ1v) is 4.32. The lowest BCUT2D eigenvalue weighted by atomic mass is 10.3. The van der Waals surface area contributed by atoms with E-state index in [1.165, 1.54) is 0 Å². The summed E-state index contributed by atoms with van der Waals surface area (Å²) < 4.78 is 28.0. The van der Waals surface area contributed by atoms with Crippen molar-refractivity contribution in [1.29, 1.82) is 0 Å². The van der Waals surface area contributed by atoms with E-state index in [4.69, 9.17) is 15.7 Å². The van der Waals surface area contributed by atoms with Crippen LogP contribution in [-0.2, 0) is 9.59 Å². The molecule has 0 aliphatic carbocycles. The molecule has 0 unspecified atom stereocenters. The van der Waals surface area contributed by atoms with Crippen molar-refractivity contribution >= 4 is 23.6 Å². The first kappa shape index (κ1) is 6.67. The average molecular weight is 211 g/mol. The molecule has 0 spiro atoms. The number of carbonyl (C=O) groups is 2. The Bertz CT molecular complexity index is 307. The first-order valence-electron chi connectivity index (χ1n) is 5.33. The van der Waals surface area contributed by atoms with E-state index in [9.17, 15) is 9.59 Å². The standard InChI is InChI=1S/C7H13NO4S/c1-5(10)8-6(7(11)12)4-13-3-2-9/h6,9H,2-4H2,1H3,(H,8,10)(H,11,12)/t6-/m0/s1/i2D2,3D2. The van der Waals surface area contributed by atoms with Gasteiger partial charge in [0.15, 0.2) is 0 Å². The largest absolute Gasteiger partial charge is 0.480 e. The molecule has 3 N–H and O–H groups in total. The molecule has 6 heteroatoms. The number of rotatable bonds is 6. The maximum Gasteiger partial charge on any atom is 0.327 e. The number of aliphatic carboxylic acids is 1. The minimum Gasteiger partial charge on any atom is -0.480 e. The Balaban J connectivity index is 4.51.